The second kappa shape index (κ2) is 11.6. The molecule has 5 N–H and O–H groups in total. The van der Waals surface area contributed by atoms with E-state index in [1.54, 1.807) is 24.8 Å². The van der Waals surface area contributed by atoms with Gasteiger partial charge in [-0.1, -0.05) is 0 Å². The monoisotopic (exact) mass is 517 g/mol. The molecule has 11 nitrogen and oxygen atoms in total. The van der Waals surface area contributed by atoms with Crippen molar-refractivity contribution in [3.8, 4) is 0 Å². The molecule has 2 aliphatic heterocycles. The quantitative estimate of drug-likeness (QED) is 0.319. The SMILES string of the molecule is CC(C)OC(=O)N1CCC(ONC2=CCN(c3cc(F)c(S(=O)O)c(NC(N)=O)c3F)CC2)CC1. The first-order chi connectivity index (χ1) is 16.6. The lowest BCUT2D eigenvalue weighted by Gasteiger charge is -2.33. The Morgan fingerprint density at radius 3 is 2.49 bits per heavy atom. The highest BCUT2D eigenvalue weighted by Gasteiger charge is 2.28. The van der Waals surface area contributed by atoms with E-state index in [-0.39, 0.29) is 37.1 Å². The van der Waals surface area contributed by atoms with Crippen molar-refractivity contribution in [2.75, 3.05) is 36.4 Å². The molecule has 1 unspecified atom stereocenters. The maximum Gasteiger partial charge on any atom is 0.410 e. The molecule has 2 heterocycles. The van der Waals surface area contributed by atoms with Gasteiger partial charge in [0, 0.05) is 44.4 Å². The molecule has 0 saturated carbocycles. The second-order valence-electron chi connectivity index (χ2n) is 8.40. The zero-order valence-corrected chi connectivity index (χ0v) is 20.2. The van der Waals surface area contributed by atoms with Crippen molar-refractivity contribution >= 4 is 34.6 Å². The van der Waals surface area contributed by atoms with Gasteiger partial charge < -0.3 is 30.1 Å². The fourth-order valence-electron chi connectivity index (χ4n) is 3.80. The predicted molar refractivity (Wildman–Crippen MR) is 124 cm³/mol. The van der Waals surface area contributed by atoms with Crippen molar-refractivity contribution in [1.29, 1.82) is 0 Å². The summed E-state index contributed by atoms with van der Waals surface area (Å²) in [7, 11) is 0. The number of rotatable bonds is 7. The maximum atomic E-state index is 15.0. The molecular weight excluding hydrogens is 488 g/mol. The number of carbonyl (C=O) groups is 2. The minimum absolute atomic E-state index is 0.0992. The van der Waals surface area contributed by atoms with Gasteiger partial charge in [-0.15, -0.1) is 0 Å². The van der Waals surface area contributed by atoms with Crippen LogP contribution < -0.4 is 21.4 Å². The Morgan fingerprint density at radius 1 is 1.26 bits per heavy atom. The smallest absolute Gasteiger partial charge is 0.410 e. The molecule has 1 saturated heterocycles. The number of benzene rings is 1. The Balaban J connectivity index is 1.58. The summed E-state index contributed by atoms with van der Waals surface area (Å²) < 4.78 is 55.5. The van der Waals surface area contributed by atoms with Gasteiger partial charge in [-0.25, -0.2) is 22.6 Å². The Labute approximate surface area is 203 Å². The number of piperidine rings is 1. The average molecular weight is 518 g/mol. The van der Waals surface area contributed by atoms with Crippen LogP contribution in [0.15, 0.2) is 22.7 Å². The molecule has 35 heavy (non-hydrogen) atoms. The van der Waals surface area contributed by atoms with Crippen LogP contribution in [0, 0.1) is 11.6 Å². The highest BCUT2D eigenvalue weighted by molar-refractivity contribution is 7.79. The van der Waals surface area contributed by atoms with Crippen LogP contribution >= 0.6 is 0 Å². The van der Waals surface area contributed by atoms with Crippen LogP contribution in [0.5, 0.6) is 0 Å². The van der Waals surface area contributed by atoms with E-state index in [4.69, 9.17) is 15.3 Å². The zero-order chi connectivity index (χ0) is 25.7. The molecule has 0 spiro atoms. The average Bonchev–Trinajstić information content (AvgIpc) is 2.79. The third-order valence-electron chi connectivity index (χ3n) is 5.52. The Kier molecular flexibility index (Phi) is 8.86. The van der Waals surface area contributed by atoms with Crippen molar-refractivity contribution < 1.29 is 36.7 Å². The van der Waals surface area contributed by atoms with Gasteiger partial charge >= 0.3 is 12.1 Å². The number of carbonyl (C=O) groups excluding carboxylic acids is 2. The summed E-state index contributed by atoms with van der Waals surface area (Å²) >= 11 is -2.88. The number of hydrogen-bond donors (Lipinski definition) is 4. The summed E-state index contributed by atoms with van der Waals surface area (Å²) in [5.41, 5.74) is 7.72. The van der Waals surface area contributed by atoms with E-state index in [1.165, 1.54) is 4.90 Å². The maximum absolute atomic E-state index is 15.0. The fourth-order valence-corrected chi connectivity index (χ4v) is 4.34. The molecule has 2 aliphatic rings. The summed E-state index contributed by atoms with van der Waals surface area (Å²) in [4.78, 5) is 31.2. The third kappa shape index (κ3) is 6.80. The van der Waals surface area contributed by atoms with E-state index in [1.807, 2.05) is 5.32 Å². The van der Waals surface area contributed by atoms with E-state index in [0.717, 1.165) is 11.8 Å². The molecule has 0 aliphatic carbocycles. The van der Waals surface area contributed by atoms with Gasteiger partial charge in [0.15, 0.2) is 16.9 Å². The molecule has 14 heteroatoms. The molecule has 1 fully saturated rings. The third-order valence-corrected chi connectivity index (χ3v) is 6.27. The number of nitrogens with two attached hydrogens (primary N) is 1. The van der Waals surface area contributed by atoms with Crippen LogP contribution in [-0.4, -0.2) is 64.2 Å². The first-order valence-corrected chi connectivity index (χ1v) is 12.2. The lowest BCUT2D eigenvalue weighted by atomic mass is 10.1. The van der Waals surface area contributed by atoms with Crippen molar-refractivity contribution in [3.05, 3.63) is 29.5 Å². The van der Waals surface area contributed by atoms with E-state index in [2.05, 4.69) is 5.48 Å². The second-order valence-corrected chi connectivity index (χ2v) is 9.30. The van der Waals surface area contributed by atoms with Gasteiger partial charge in [0.2, 0.25) is 0 Å². The summed E-state index contributed by atoms with van der Waals surface area (Å²) in [5, 5.41) is 1.89. The molecule has 1 aromatic carbocycles. The number of amides is 3. The molecule has 3 amide bonds. The van der Waals surface area contributed by atoms with Crippen LogP contribution in [0.2, 0.25) is 0 Å². The number of hydrogen-bond acceptors (Lipinski definition) is 7. The lowest BCUT2D eigenvalue weighted by Crippen LogP contribution is -2.43. The summed E-state index contributed by atoms with van der Waals surface area (Å²) in [6.07, 6.45) is 2.83. The zero-order valence-electron chi connectivity index (χ0n) is 19.4. The molecule has 194 valence electrons. The topological polar surface area (TPSA) is 146 Å². The summed E-state index contributed by atoms with van der Waals surface area (Å²) in [5.74, 6) is -2.21. The number of anilines is 2. The standard InChI is InChI=1S/C21H29F2N5O6S/c1-12(2)33-21(30)28-9-5-14(6-10-28)34-26-13-3-7-27(8-4-13)16-11-15(22)19(35(31)32)18(17(16)23)25-20(24)29/h3,11-12,14,26H,4-10H2,1-2H3,(H,31,32)(H3,24,25,29). The summed E-state index contributed by atoms with van der Waals surface area (Å²) in [6.45, 7) is 5.11. The minimum atomic E-state index is -2.88. The summed E-state index contributed by atoms with van der Waals surface area (Å²) in [6, 6.07) is -0.386. The Morgan fingerprint density at radius 2 is 1.94 bits per heavy atom. The van der Waals surface area contributed by atoms with E-state index in [0.29, 0.717) is 32.4 Å². The van der Waals surface area contributed by atoms with Gasteiger partial charge in [-0.2, -0.15) is 0 Å². The number of urea groups is 1. The molecule has 0 bridgehead atoms. The van der Waals surface area contributed by atoms with Crippen LogP contribution in [0.3, 0.4) is 0 Å². The van der Waals surface area contributed by atoms with Crippen LogP contribution in [0.1, 0.15) is 33.1 Å². The van der Waals surface area contributed by atoms with Crippen molar-refractivity contribution in [2.45, 2.75) is 50.2 Å². The number of likely N-dealkylation sites (tertiary alicyclic amines) is 1. The predicted octanol–water partition coefficient (Wildman–Crippen LogP) is 2.66. The molecular formula is C21H29F2N5O6S. The van der Waals surface area contributed by atoms with Crippen molar-refractivity contribution in [2.24, 2.45) is 5.73 Å². The van der Waals surface area contributed by atoms with Gasteiger partial charge in [-0.05, 0) is 32.8 Å². The van der Waals surface area contributed by atoms with E-state index < -0.39 is 39.3 Å². The van der Waals surface area contributed by atoms with Gasteiger partial charge in [0.05, 0.1) is 17.9 Å². The van der Waals surface area contributed by atoms with Crippen LogP contribution in [0.4, 0.5) is 29.7 Å². The highest BCUT2D eigenvalue weighted by Crippen LogP contribution is 2.34. The number of nitrogens with one attached hydrogen (secondary N) is 2. The largest absolute Gasteiger partial charge is 0.447 e. The van der Waals surface area contributed by atoms with Crippen LogP contribution in [0.25, 0.3) is 0 Å². The number of primary amides is 1. The number of ether oxygens (including phenoxy) is 1. The Hall–Kier alpha value is -2.97. The molecule has 0 radical (unpaired) electrons. The molecule has 0 aromatic heterocycles. The molecule has 3 rings (SSSR count). The number of hydroxylamine groups is 1. The van der Waals surface area contributed by atoms with Gasteiger partial charge in [-0.3, -0.25) is 10.3 Å². The molecule has 1 atom stereocenters. The first-order valence-electron chi connectivity index (χ1n) is 11.1. The number of nitrogens with zero attached hydrogens (tertiary/aromatic N) is 2. The molecule has 1 aromatic rings. The fraction of sp³-hybridized carbons (Fsp3) is 0.524. The van der Waals surface area contributed by atoms with E-state index >= 15 is 4.39 Å². The highest BCUT2D eigenvalue weighted by atomic mass is 32.2. The minimum Gasteiger partial charge on any atom is -0.447 e. The normalized spacial score (nSPS) is 17.7. The van der Waals surface area contributed by atoms with Gasteiger partial charge in [0.25, 0.3) is 0 Å². The van der Waals surface area contributed by atoms with Crippen LogP contribution in [-0.2, 0) is 20.7 Å². The van der Waals surface area contributed by atoms with Crippen molar-refractivity contribution in [3.63, 3.8) is 0 Å². The van der Waals surface area contributed by atoms with Crippen molar-refractivity contribution in [1.82, 2.24) is 10.4 Å². The lowest BCUT2D eigenvalue weighted by molar-refractivity contribution is -0.0415. The first kappa shape index (κ1) is 26.6. The van der Waals surface area contributed by atoms with Gasteiger partial charge in [0.1, 0.15) is 16.4 Å². The Bertz CT molecular complexity index is 1020. The number of halogens is 2. The van der Waals surface area contributed by atoms with E-state index in [9.17, 15) is 22.7 Å².